The Morgan fingerprint density at radius 1 is 1.00 bits per heavy atom. The first-order valence-electron chi connectivity index (χ1n) is 6.18. The molecule has 0 aliphatic heterocycles. The van der Waals surface area contributed by atoms with Crippen LogP contribution in [0.15, 0.2) is 45.6 Å². The summed E-state index contributed by atoms with van der Waals surface area (Å²) in [5, 5.41) is 9.81. The summed E-state index contributed by atoms with van der Waals surface area (Å²) in [6, 6.07) is 9.60. The molecule has 0 atom stereocenters. The van der Waals surface area contributed by atoms with E-state index in [0.717, 1.165) is 0 Å². The van der Waals surface area contributed by atoms with E-state index in [1.165, 1.54) is 12.1 Å². The molecule has 0 saturated heterocycles. The van der Waals surface area contributed by atoms with Gasteiger partial charge in [0.2, 0.25) is 0 Å². The maximum absolute atomic E-state index is 12.2. The normalized spacial score (nSPS) is 10.9. The second-order valence-electron chi connectivity index (χ2n) is 4.70. The zero-order valence-corrected chi connectivity index (χ0v) is 11.0. The van der Waals surface area contributed by atoms with Crippen LogP contribution in [0.4, 0.5) is 17.1 Å². The predicted octanol–water partition coefficient (Wildman–Crippen LogP) is 1.91. The Morgan fingerprint density at radius 2 is 1.67 bits per heavy atom. The fourth-order valence-corrected chi connectivity index (χ4v) is 2.15. The van der Waals surface area contributed by atoms with E-state index in [1.54, 1.807) is 24.3 Å². The van der Waals surface area contributed by atoms with E-state index in [1.807, 2.05) is 0 Å². The van der Waals surface area contributed by atoms with Crippen molar-refractivity contribution in [2.24, 2.45) is 0 Å². The van der Waals surface area contributed by atoms with Crippen LogP contribution in [0.1, 0.15) is 0 Å². The van der Waals surface area contributed by atoms with E-state index in [9.17, 15) is 9.90 Å². The largest absolute Gasteiger partial charge is 0.504 e. The van der Waals surface area contributed by atoms with Crippen LogP contribution in [-0.4, -0.2) is 5.11 Å². The van der Waals surface area contributed by atoms with Crippen LogP contribution in [0, 0.1) is 0 Å². The van der Waals surface area contributed by atoms with Gasteiger partial charge in [0.05, 0.1) is 16.8 Å². The molecule has 0 aliphatic rings. The third kappa shape index (κ3) is 2.02. The van der Waals surface area contributed by atoms with Gasteiger partial charge in [-0.25, -0.2) is 0 Å². The van der Waals surface area contributed by atoms with Crippen molar-refractivity contribution in [2.45, 2.75) is 0 Å². The maximum Gasteiger partial charge on any atom is 0.195 e. The maximum atomic E-state index is 12.2. The van der Waals surface area contributed by atoms with Gasteiger partial charge >= 0.3 is 0 Å². The van der Waals surface area contributed by atoms with Gasteiger partial charge in [-0.3, -0.25) is 4.79 Å². The van der Waals surface area contributed by atoms with Crippen molar-refractivity contribution in [3.8, 4) is 17.1 Å². The molecular weight excluding hydrogens is 270 g/mol. The molecule has 1 heterocycles. The lowest BCUT2D eigenvalue weighted by Crippen LogP contribution is -2.05. The quantitative estimate of drug-likeness (QED) is 0.399. The van der Waals surface area contributed by atoms with Crippen LogP contribution in [0.3, 0.4) is 0 Å². The van der Waals surface area contributed by atoms with Gasteiger partial charge in [0, 0.05) is 23.4 Å². The summed E-state index contributed by atoms with van der Waals surface area (Å²) in [5.41, 5.74) is 18.1. The molecule has 21 heavy (non-hydrogen) atoms. The number of hydrogen-bond donors (Lipinski definition) is 4. The Bertz CT molecular complexity index is 899. The van der Waals surface area contributed by atoms with Crippen molar-refractivity contribution >= 4 is 28.0 Å². The van der Waals surface area contributed by atoms with E-state index in [-0.39, 0.29) is 33.5 Å². The number of rotatable bonds is 1. The highest BCUT2D eigenvalue weighted by Crippen LogP contribution is 2.35. The molecule has 0 amide bonds. The van der Waals surface area contributed by atoms with Crippen LogP contribution in [0.5, 0.6) is 5.75 Å². The average molecular weight is 283 g/mol. The molecule has 0 unspecified atom stereocenters. The summed E-state index contributed by atoms with van der Waals surface area (Å²) < 4.78 is 5.67. The highest BCUT2D eigenvalue weighted by atomic mass is 16.3. The zero-order valence-electron chi connectivity index (χ0n) is 11.0. The topological polar surface area (TPSA) is 128 Å². The second-order valence-corrected chi connectivity index (χ2v) is 4.70. The lowest BCUT2D eigenvalue weighted by Gasteiger charge is -2.08. The third-order valence-corrected chi connectivity index (χ3v) is 3.25. The number of hydrogen-bond acceptors (Lipinski definition) is 6. The summed E-state index contributed by atoms with van der Waals surface area (Å²) in [6.07, 6.45) is 0. The van der Waals surface area contributed by atoms with Gasteiger partial charge in [-0.1, -0.05) is 0 Å². The molecule has 0 bridgehead atoms. The monoisotopic (exact) mass is 283 g/mol. The molecular formula is C15H13N3O3. The number of phenolic OH excluding ortho intramolecular Hbond substituents is 1. The van der Waals surface area contributed by atoms with Gasteiger partial charge in [-0.15, -0.1) is 0 Å². The first kappa shape index (κ1) is 12.9. The number of phenols is 1. The SMILES string of the molecule is Nc1ccc(-c2cc(=O)c3c(N)c(O)c(N)cc3o2)cc1. The summed E-state index contributed by atoms with van der Waals surface area (Å²) in [5.74, 6) is 0.0621. The van der Waals surface area contributed by atoms with Crippen molar-refractivity contribution in [1.82, 2.24) is 0 Å². The van der Waals surface area contributed by atoms with Gasteiger partial charge in [-0.05, 0) is 24.3 Å². The molecule has 0 spiro atoms. The van der Waals surface area contributed by atoms with E-state index >= 15 is 0 Å². The van der Waals surface area contributed by atoms with E-state index in [2.05, 4.69) is 0 Å². The van der Waals surface area contributed by atoms with Crippen LogP contribution < -0.4 is 22.6 Å². The van der Waals surface area contributed by atoms with Crippen molar-refractivity contribution < 1.29 is 9.52 Å². The van der Waals surface area contributed by atoms with Crippen molar-refractivity contribution in [1.29, 1.82) is 0 Å². The molecule has 0 saturated carbocycles. The molecule has 6 nitrogen and oxygen atoms in total. The molecule has 1 aromatic heterocycles. The van der Waals surface area contributed by atoms with E-state index in [4.69, 9.17) is 21.6 Å². The first-order chi connectivity index (χ1) is 9.97. The van der Waals surface area contributed by atoms with Crippen LogP contribution in [-0.2, 0) is 0 Å². The van der Waals surface area contributed by atoms with Gasteiger partial charge in [0.15, 0.2) is 11.2 Å². The standard InChI is InChI=1S/C15H13N3O3/c16-8-3-1-7(2-4-8)11-6-10(19)13-12(21-11)5-9(17)15(20)14(13)18/h1-6,20H,16-18H2. The zero-order chi connectivity index (χ0) is 15.1. The number of nitrogens with two attached hydrogens (primary N) is 3. The van der Waals surface area contributed by atoms with Crippen molar-refractivity contribution in [3.63, 3.8) is 0 Å². The number of fused-ring (bicyclic) bond motifs is 1. The van der Waals surface area contributed by atoms with Crippen LogP contribution >= 0.6 is 0 Å². The summed E-state index contributed by atoms with van der Waals surface area (Å²) in [4.78, 5) is 12.2. The minimum atomic E-state index is -0.351. The lowest BCUT2D eigenvalue weighted by molar-refractivity contribution is 0.480. The molecule has 0 radical (unpaired) electrons. The van der Waals surface area contributed by atoms with Gasteiger partial charge in [0.1, 0.15) is 11.3 Å². The fraction of sp³-hybridized carbons (Fsp3) is 0. The summed E-state index contributed by atoms with van der Waals surface area (Å²) in [7, 11) is 0. The van der Waals surface area contributed by atoms with E-state index < -0.39 is 0 Å². The second kappa shape index (κ2) is 4.45. The Kier molecular flexibility index (Phi) is 2.72. The molecule has 2 aromatic carbocycles. The van der Waals surface area contributed by atoms with Crippen LogP contribution in [0.25, 0.3) is 22.3 Å². The lowest BCUT2D eigenvalue weighted by atomic mass is 10.1. The summed E-state index contributed by atoms with van der Waals surface area (Å²) in [6.45, 7) is 0. The van der Waals surface area contributed by atoms with Gasteiger partial charge in [0.25, 0.3) is 0 Å². The number of nitrogen functional groups attached to an aromatic ring is 3. The van der Waals surface area contributed by atoms with E-state index in [0.29, 0.717) is 17.0 Å². The number of benzene rings is 2. The minimum Gasteiger partial charge on any atom is -0.504 e. The molecule has 106 valence electrons. The van der Waals surface area contributed by atoms with Crippen molar-refractivity contribution in [3.05, 3.63) is 46.6 Å². The minimum absolute atomic E-state index is 0.0533. The molecule has 7 N–H and O–H groups in total. The predicted molar refractivity (Wildman–Crippen MR) is 82.8 cm³/mol. The highest BCUT2D eigenvalue weighted by molar-refractivity contribution is 5.97. The Hall–Kier alpha value is -3.15. The number of aromatic hydroxyl groups is 1. The summed E-state index contributed by atoms with van der Waals surface area (Å²) >= 11 is 0. The Labute approximate surface area is 119 Å². The highest BCUT2D eigenvalue weighted by Gasteiger charge is 2.14. The van der Waals surface area contributed by atoms with Gasteiger partial charge < -0.3 is 26.7 Å². The smallest absolute Gasteiger partial charge is 0.195 e. The molecule has 6 heteroatoms. The first-order valence-corrected chi connectivity index (χ1v) is 6.18. The third-order valence-electron chi connectivity index (χ3n) is 3.25. The molecule has 3 aromatic rings. The average Bonchev–Trinajstić information content (AvgIpc) is 2.45. The molecule has 0 aliphatic carbocycles. The Balaban J connectivity index is 2.31. The van der Waals surface area contributed by atoms with Crippen molar-refractivity contribution in [2.75, 3.05) is 17.2 Å². The number of anilines is 3. The molecule has 0 fully saturated rings. The van der Waals surface area contributed by atoms with Crippen LogP contribution in [0.2, 0.25) is 0 Å². The Morgan fingerprint density at radius 3 is 2.33 bits per heavy atom. The van der Waals surface area contributed by atoms with Gasteiger partial charge in [-0.2, -0.15) is 0 Å². The fourth-order valence-electron chi connectivity index (χ4n) is 2.15. The molecule has 3 rings (SSSR count).